The van der Waals surface area contributed by atoms with E-state index in [0.717, 1.165) is 0 Å². The molecule has 3 heteroatoms. The lowest BCUT2D eigenvalue weighted by molar-refractivity contribution is -0.147. The van der Waals surface area contributed by atoms with Gasteiger partial charge in [0, 0.05) is 5.56 Å². The van der Waals surface area contributed by atoms with Crippen molar-refractivity contribution in [2.24, 2.45) is 11.8 Å². The van der Waals surface area contributed by atoms with Gasteiger partial charge < -0.3 is 4.74 Å². The van der Waals surface area contributed by atoms with Crippen LogP contribution in [0.2, 0.25) is 0 Å². The van der Waals surface area contributed by atoms with Gasteiger partial charge in [0.15, 0.2) is 0 Å². The maximum Gasteiger partial charge on any atom is 0.313 e. The molecular formula is C15H19FO2. The maximum absolute atomic E-state index is 13.4. The molecule has 0 aromatic heterocycles. The fourth-order valence-electron chi connectivity index (χ4n) is 1.63. The molecule has 0 saturated heterocycles. The molecule has 1 aromatic rings. The first kappa shape index (κ1) is 14.4. The van der Waals surface area contributed by atoms with Crippen molar-refractivity contribution in [1.29, 1.82) is 0 Å². The molecule has 1 unspecified atom stereocenters. The summed E-state index contributed by atoms with van der Waals surface area (Å²) in [4.78, 5) is 11.7. The average Bonchev–Trinajstić information content (AvgIpc) is 2.31. The van der Waals surface area contributed by atoms with E-state index in [2.05, 4.69) is 0 Å². The lowest BCUT2D eigenvalue weighted by Gasteiger charge is -2.15. The van der Waals surface area contributed by atoms with Crippen LogP contribution >= 0.6 is 0 Å². The van der Waals surface area contributed by atoms with Crippen LogP contribution in [0.25, 0.3) is 6.08 Å². The van der Waals surface area contributed by atoms with Crippen LogP contribution in [-0.4, -0.2) is 12.6 Å². The van der Waals surface area contributed by atoms with Crippen LogP contribution in [0.15, 0.2) is 30.3 Å². The van der Waals surface area contributed by atoms with Gasteiger partial charge in [0.1, 0.15) is 5.82 Å². The first-order valence-electron chi connectivity index (χ1n) is 6.15. The second-order valence-electron chi connectivity index (χ2n) is 4.40. The molecule has 0 heterocycles. The summed E-state index contributed by atoms with van der Waals surface area (Å²) in [5, 5.41) is 0. The van der Waals surface area contributed by atoms with E-state index in [9.17, 15) is 9.18 Å². The Morgan fingerprint density at radius 3 is 2.61 bits per heavy atom. The Balaban J connectivity index is 2.84. The summed E-state index contributed by atoms with van der Waals surface area (Å²) in [5.74, 6) is -0.781. The summed E-state index contributed by atoms with van der Waals surface area (Å²) in [7, 11) is 0. The molecule has 2 nitrogen and oxygen atoms in total. The minimum atomic E-state index is -0.343. The van der Waals surface area contributed by atoms with Crippen molar-refractivity contribution >= 4 is 12.0 Å². The summed E-state index contributed by atoms with van der Waals surface area (Å²) in [6.07, 6.45) is 3.35. The minimum absolute atomic E-state index is 0.118. The Kier molecular flexibility index (Phi) is 5.56. The van der Waals surface area contributed by atoms with E-state index >= 15 is 0 Å². The Labute approximate surface area is 107 Å². The summed E-state index contributed by atoms with van der Waals surface area (Å²) < 4.78 is 18.4. The van der Waals surface area contributed by atoms with Crippen LogP contribution in [0.4, 0.5) is 4.39 Å². The van der Waals surface area contributed by atoms with E-state index in [1.165, 1.54) is 6.07 Å². The zero-order valence-corrected chi connectivity index (χ0v) is 11.0. The van der Waals surface area contributed by atoms with Crippen LogP contribution in [0, 0.1) is 17.7 Å². The number of carbonyl (C=O) groups excluding carboxylic acids is 1. The van der Waals surface area contributed by atoms with Gasteiger partial charge in [-0.2, -0.15) is 0 Å². The van der Waals surface area contributed by atoms with Crippen molar-refractivity contribution in [3.05, 3.63) is 41.7 Å². The van der Waals surface area contributed by atoms with Crippen molar-refractivity contribution in [1.82, 2.24) is 0 Å². The molecule has 0 fully saturated rings. The maximum atomic E-state index is 13.4. The van der Waals surface area contributed by atoms with E-state index in [1.807, 2.05) is 13.8 Å². The van der Waals surface area contributed by atoms with Gasteiger partial charge >= 0.3 is 5.97 Å². The first-order chi connectivity index (χ1) is 8.56. The quantitative estimate of drug-likeness (QED) is 0.745. The van der Waals surface area contributed by atoms with Gasteiger partial charge in [-0.3, -0.25) is 4.79 Å². The Morgan fingerprint density at radius 1 is 1.39 bits per heavy atom. The van der Waals surface area contributed by atoms with Crippen molar-refractivity contribution in [3.8, 4) is 0 Å². The molecule has 0 aliphatic carbocycles. The molecule has 0 aliphatic rings. The molecule has 1 atom stereocenters. The van der Waals surface area contributed by atoms with Gasteiger partial charge in [-0.25, -0.2) is 4.39 Å². The zero-order chi connectivity index (χ0) is 13.5. The molecular weight excluding hydrogens is 231 g/mol. The van der Waals surface area contributed by atoms with Gasteiger partial charge in [0.2, 0.25) is 0 Å². The highest BCUT2D eigenvalue weighted by Crippen LogP contribution is 2.17. The van der Waals surface area contributed by atoms with E-state index in [-0.39, 0.29) is 23.6 Å². The van der Waals surface area contributed by atoms with Crippen LogP contribution in [0.3, 0.4) is 0 Å². The second-order valence-corrected chi connectivity index (χ2v) is 4.40. The van der Waals surface area contributed by atoms with E-state index in [1.54, 1.807) is 37.3 Å². The molecule has 18 heavy (non-hydrogen) atoms. The molecule has 0 aliphatic heterocycles. The van der Waals surface area contributed by atoms with Crippen molar-refractivity contribution in [3.63, 3.8) is 0 Å². The standard InChI is InChI=1S/C15H19FO2/c1-4-18-15(17)13(11(2)3)10-9-12-7-5-6-8-14(12)16/h5-11,13H,4H2,1-3H3/b10-9+. The van der Waals surface area contributed by atoms with E-state index in [0.29, 0.717) is 12.2 Å². The minimum Gasteiger partial charge on any atom is -0.466 e. The first-order valence-corrected chi connectivity index (χ1v) is 6.15. The number of ether oxygens (including phenoxy) is 1. The van der Waals surface area contributed by atoms with Crippen molar-refractivity contribution in [2.45, 2.75) is 20.8 Å². The highest BCUT2D eigenvalue weighted by molar-refractivity contribution is 5.76. The highest BCUT2D eigenvalue weighted by Gasteiger charge is 2.20. The van der Waals surface area contributed by atoms with Gasteiger partial charge in [0.25, 0.3) is 0 Å². The van der Waals surface area contributed by atoms with Crippen LogP contribution in [0.1, 0.15) is 26.3 Å². The summed E-state index contributed by atoms with van der Waals surface area (Å²) in [6, 6.07) is 6.47. The Bertz CT molecular complexity index is 424. The predicted molar refractivity (Wildman–Crippen MR) is 70.4 cm³/mol. The number of esters is 1. The molecule has 98 valence electrons. The monoisotopic (exact) mass is 250 g/mol. The summed E-state index contributed by atoms with van der Waals surface area (Å²) in [6.45, 7) is 6.01. The largest absolute Gasteiger partial charge is 0.466 e. The third kappa shape index (κ3) is 3.99. The van der Waals surface area contributed by atoms with E-state index < -0.39 is 0 Å². The lowest BCUT2D eigenvalue weighted by Crippen LogP contribution is -2.20. The molecule has 0 saturated carbocycles. The molecule has 0 spiro atoms. The number of carbonyl (C=O) groups is 1. The number of hydrogen-bond acceptors (Lipinski definition) is 2. The van der Waals surface area contributed by atoms with Crippen molar-refractivity contribution < 1.29 is 13.9 Å². The highest BCUT2D eigenvalue weighted by atomic mass is 19.1. The molecule has 1 rings (SSSR count). The zero-order valence-electron chi connectivity index (χ0n) is 11.0. The van der Waals surface area contributed by atoms with Crippen LogP contribution in [0.5, 0.6) is 0 Å². The van der Waals surface area contributed by atoms with Gasteiger partial charge in [-0.05, 0) is 18.9 Å². The normalized spacial score (nSPS) is 12.9. The lowest BCUT2D eigenvalue weighted by atomic mass is 9.95. The number of halogens is 1. The predicted octanol–water partition coefficient (Wildman–Crippen LogP) is 3.67. The van der Waals surface area contributed by atoms with Crippen LogP contribution in [-0.2, 0) is 9.53 Å². The van der Waals surface area contributed by atoms with Crippen molar-refractivity contribution in [2.75, 3.05) is 6.61 Å². The Morgan fingerprint density at radius 2 is 2.06 bits per heavy atom. The van der Waals surface area contributed by atoms with Gasteiger partial charge in [-0.15, -0.1) is 0 Å². The summed E-state index contributed by atoms with van der Waals surface area (Å²) in [5.41, 5.74) is 0.479. The summed E-state index contributed by atoms with van der Waals surface area (Å²) >= 11 is 0. The molecule has 0 N–H and O–H groups in total. The van der Waals surface area contributed by atoms with E-state index in [4.69, 9.17) is 4.74 Å². The van der Waals surface area contributed by atoms with Gasteiger partial charge in [-0.1, -0.05) is 44.2 Å². The molecule has 0 radical (unpaired) electrons. The fraction of sp³-hybridized carbons (Fsp3) is 0.400. The molecule has 1 aromatic carbocycles. The third-order valence-corrected chi connectivity index (χ3v) is 2.67. The molecule has 0 amide bonds. The number of benzene rings is 1. The van der Waals surface area contributed by atoms with Crippen LogP contribution < -0.4 is 0 Å². The Hall–Kier alpha value is -1.64. The molecule has 0 bridgehead atoms. The number of hydrogen-bond donors (Lipinski definition) is 0. The average molecular weight is 250 g/mol. The SMILES string of the molecule is CCOC(=O)C(/C=C/c1ccccc1F)C(C)C. The number of rotatable bonds is 5. The smallest absolute Gasteiger partial charge is 0.313 e. The fourth-order valence-corrected chi connectivity index (χ4v) is 1.63. The second kappa shape index (κ2) is 6.94. The van der Waals surface area contributed by atoms with Gasteiger partial charge in [0.05, 0.1) is 12.5 Å². The third-order valence-electron chi connectivity index (χ3n) is 2.67. The topological polar surface area (TPSA) is 26.3 Å².